The minimum absolute atomic E-state index is 0.170. The van der Waals surface area contributed by atoms with Crippen molar-refractivity contribution in [1.29, 1.82) is 0 Å². The molecule has 0 aromatic rings. The average molecular weight is 216 g/mol. The van der Waals surface area contributed by atoms with Crippen LogP contribution in [0.15, 0.2) is 0 Å². The highest BCUT2D eigenvalue weighted by atomic mass is 16.5. The van der Waals surface area contributed by atoms with Crippen LogP contribution in [0.1, 0.15) is 47.5 Å². The Kier molecular flexibility index (Phi) is 3.49. The normalized spacial score (nSPS) is 34.8. The summed E-state index contributed by atoms with van der Waals surface area (Å²) in [6, 6.07) is 0. The van der Waals surface area contributed by atoms with E-state index in [0.29, 0.717) is 0 Å². The van der Waals surface area contributed by atoms with Crippen LogP contribution in [0.2, 0.25) is 0 Å². The Bertz CT molecular complexity index is 219. The molecule has 1 heterocycles. The first kappa shape index (κ1) is 12.9. The molecule has 2 N–H and O–H groups in total. The van der Waals surface area contributed by atoms with Gasteiger partial charge in [0, 0.05) is 0 Å². The minimum atomic E-state index is -0.825. The maximum absolute atomic E-state index is 10.1. The van der Waals surface area contributed by atoms with Crippen molar-refractivity contribution < 1.29 is 14.9 Å². The lowest BCUT2D eigenvalue weighted by atomic mass is 9.87. The molecule has 0 aromatic heterocycles. The zero-order chi connectivity index (χ0) is 11.9. The van der Waals surface area contributed by atoms with Crippen LogP contribution in [0.5, 0.6) is 0 Å². The molecule has 3 atom stereocenters. The van der Waals surface area contributed by atoms with Gasteiger partial charge in [-0.1, -0.05) is 13.8 Å². The largest absolute Gasteiger partial charge is 0.390 e. The number of rotatable bonds is 3. The molecule has 0 bridgehead atoms. The third-order valence-electron chi connectivity index (χ3n) is 3.36. The van der Waals surface area contributed by atoms with E-state index in [9.17, 15) is 10.2 Å². The molecule has 15 heavy (non-hydrogen) atoms. The molecule has 3 heteroatoms. The van der Waals surface area contributed by atoms with Gasteiger partial charge in [-0.05, 0) is 39.5 Å². The molecule has 1 aliphatic rings. The fourth-order valence-corrected chi connectivity index (χ4v) is 2.28. The van der Waals surface area contributed by atoms with Crippen LogP contribution < -0.4 is 0 Å². The average Bonchev–Trinajstić information content (AvgIpc) is 2.47. The Morgan fingerprint density at radius 2 is 1.93 bits per heavy atom. The van der Waals surface area contributed by atoms with E-state index in [1.54, 1.807) is 13.8 Å². The van der Waals surface area contributed by atoms with Gasteiger partial charge in [0.05, 0.1) is 23.4 Å². The third-order valence-corrected chi connectivity index (χ3v) is 3.36. The van der Waals surface area contributed by atoms with Crippen LogP contribution in [-0.2, 0) is 4.74 Å². The van der Waals surface area contributed by atoms with Crippen molar-refractivity contribution in [2.24, 2.45) is 5.92 Å². The third kappa shape index (κ3) is 2.71. The Labute approximate surface area is 92.4 Å². The highest BCUT2D eigenvalue weighted by molar-refractivity contribution is 4.96. The molecule has 0 saturated carbocycles. The molecule has 1 saturated heterocycles. The van der Waals surface area contributed by atoms with Crippen molar-refractivity contribution in [2.75, 3.05) is 0 Å². The fraction of sp³-hybridized carbons (Fsp3) is 1.00. The zero-order valence-electron chi connectivity index (χ0n) is 10.4. The molecule has 1 rings (SSSR count). The lowest BCUT2D eigenvalue weighted by Crippen LogP contribution is -2.45. The van der Waals surface area contributed by atoms with Gasteiger partial charge in [-0.2, -0.15) is 0 Å². The first-order valence-electron chi connectivity index (χ1n) is 5.75. The van der Waals surface area contributed by atoms with Gasteiger partial charge in [-0.25, -0.2) is 0 Å². The van der Waals surface area contributed by atoms with Crippen molar-refractivity contribution in [3.05, 3.63) is 0 Å². The van der Waals surface area contributed by atoms with Gasteiger partial charge >= 0.3 is 0 Å². The van der Waals surface area contributed by atoms with Crippen LogP contribution in [0, 0.1) is 5.92 Å². The summed E-state index contributed by atoms with van der Waals surface area (Å²) in [6.07, 6.45) is 0.978. The van der Waals surface area contributed by atoms with E-state index < -0.39 is 17.3 Å². The van der Waals surface area contributed by atoms with E-state index in [4.69, 9.17) is 4.74 Å². The molecule has 0 aliphatic carbocycles. The molecular weight excluding hydrogens is 192 g/mol. The summed E-state index contributed by atoms with van der Waals surface area (Å²) in [5.74, 6) is 0.176. The first-order valence-corrected chi connectivity index (χ1v) is 5.75. The molecule has 0 amide bonds. The van der Waals surface area contributed by atoms with Crippen molar-refractivity contribution >= 4 is 0 Å². The second-order valence-corrected chi connectivity index (χ2v) is 5.80. The molecule has 90 valence electrons. The van der Waals surface area contributed by atoms with Crippen LogP contribution in [0.3, 0.4) is 0 Å². The molecule has 0 spiro atoms. The number of hydrogen-bond acceptors (Lipinski definition) is 3. The zero-order valence-corrected chi connectivity index (χ0v) is 10.4. The summed E-state index contributed by atoms with van der Waals surface area (Å²) in [6.45, 7) is 9.41. The van der Waals surface area contributed by atoms with Gasteiger partial charge in [0.2, 0.25) is 0 Å². The minimum Gasteiger partial charge on any atom is -0.390 e. The summed E-state index contributed by atoms with van der Waals surface area (Å²) in [7, 11) is 0. The molecule has 0 radical (unpaired) electrons. The predicted molar refractivity (Wildman–Crippen MR) is 59.7 cm³/mol. The van der Waals surface area contributed by atoms with Gasteiger partial charge in [-0.15, -0.1) is 0 Å². The van der Waals surface area contributed by atoms with Crippen molar-refractivity contribution in [2.45, 2.75) is 70.9 Å². The standard InChI is InChI=1S/C12H24O3/c1-8(2)10(13)12(5)7-6-9(15-12)11(3,4)14/h8-10,13-14H,6-7H2,1-5H3. The summed E-state index contributed by atoms with van der Waals surface area (Å²) >= 11 is 0. The number of ether oxygens (including phenoxy) is 1. The van der Waals surface area contributed by atoms with E-state index in [0.717, 1.165) is 12.8 Å². The summed E-state index contributed by atoms with van der Waals surface area (Å²) in [5, 5.41) is 19.9. The highest BCUT2D eigenvalue weighted by Gasteiger charge is 2.46. The van der Waals surface area contributed by atoms with Crippen LogP contribution in [-0.4, -0.2) is 33.6 Å². The van der Waals surface area contributed by atoms with E-state index in [-0.39, 0.29) is 12.0 Å². The van der Waals surface area contributed by atoms with Crippen LogP contribution >= 0.6 is 0 Å². The summed E-state index contributed by atoms with van der Waals surface area (Å²) in [4.78, 5) is 0. The lowest BCUT2D eigenvalue weighted by Gasteiger charge is -2.35. The van der Waals surface area contributed by atoms with E-state index >= 15 is 0 Å². The quantitative estimate of drug-likeness (QED) is 0.755. The Morgan fingerprint density at radius 3 is 2.27 bits per heavy atom. The van der Waals surface area contributed by atoms with E-state index in [2.05, 4.69) is 0 Å². The van der Waals surface area contributed by atoms with Crippen molar-refractivity contribution in [3.63, 3.8) is 0 Å². The van der Waals surface area contributed by atoms with Gasteiger partial charge in [0.15, 0.2) is 0 Å². The van der Waals surface area contributed by atoms with Gasteiger partial charge in [0.1, 0.15) is 0 Å². The van der Waals surface area contributed by atoms with Gasteiger partial charge in [0.25, 0.3) is 0 Å². The van der Waals surface area contributed by atoms with Crippen molar-refractivity contribution in [1.82, 2.24) is 0 Å². The van der Waals surface area contributed by atoms with Crippen LogP contribution in [0.4, 0.5) is 0 Å². The smallest absolute Gasteiger partial charge is 0.0920 e. The Balaban J connectivity index is 2.69. The molecule has 3 unspecified atom stereocenters. The number of hydrogen-bond donors (Lipinski definition) is 2. The molecule has 3 nitrogen and oxygen atoms in total. The summed E-state index contributed by atoms with van der Waals surface area (Å²) in [5.41, 5.74) is -1.33. The number of aliphatic hydroxyl groups excluding tert-OH is 1. The molecular formula is C12H24O3. The maximum atomic E-state index is 10.1. The van der Waals surface area contributed by atoms with Crippen LogP contribution in [0.25, 0.3) is 0 Å². The van der Waals surface area contributed by atoms with Crippen molar-refractivity contribution in [3.8, 4) is 0 Å². The summed E-state index contributed by atoms with van der Waals surface area (Å²) < 4.78 is 5.84. The second kappa shape index (κ2) is 4.04. The topological polar surface area (TPSA) is 49.7 Å². The number of aliphatic hydroxyl groups is 2. The van der Waals surface area contributed by atoms with Gasteiger partial charge < -0.3 is 14.9 Å². The molecule has 0 aromatic carbocycles. The SMILES string of the molecule is CC(C)C(O)C1(C)CCC(C(C)(C)O)O1. The second-order valence-electron chi connectivity index (χ2n) is 5.80. The van der Waals surface area contributed by atoms with E-state index in [1.807, 2.05) is 20.8 Å². The Morgan fingerprint density at radius 1 is 1.40 bits per heavy atom. The van der Waals surface area contributed by atoms with Gasteiger partial charge in [-0.3, -0.25) is 0 Å². The fourth-order valence-electron chi connectivity index (χ4n) is 2.28. The monoisotopic (exact) mass is 216 g/mol. The Hall–Kier alpha value is -0.120. The maximum Gasteiger partial charge on any atom is 0.0920 e. The molecule has 1 fully saturated rings. The predicted octanol–water partition coefficient (Wildman–Crippen LogP) is 1.71. The lowest BCUT2D eigenvalue weighted by molar-refractivity contribution is -0.161. The highest BCUT2D eigenvalue weighted by Crippen LogP contribution is 2.39. The first-order chi connectivity index (χ1) is 6.67. The molecule has 1 aliphatic heterocycles. The van der Waals surface area contributed by atoms with E-state index in [1.165, 1.54) is 0 Å².